The summed E-state index contributed by atoms with van der Waals surface area (Å²) in [6.45, 7) is 9.88. The fourth-order valence-corrected chi connectivity index (χ4v) is 1.94. The number of aromatic nitrogens is 4. The Morgan fingerprint density at radius 3 is 2.62 bits per heavy atom. The summed E-state index contributed by atoms with van der Waals surface area (Å²) in [5.41, 5.74) is 1.16. The lowest BCUT2D eigenvalue weighted by Gasteiger charge is -2.20. The molecule has 0 saturated carbocycles. The lowest BCUT2D eigenvalue weighted by Crippen LogP contribution is -2.40. The zero-order valence-corrected chi connectivity index (χ0v) is 13.1. The van der Waals surface area contributed by atoms with Crippen LogP contribution in [0, 0.1) is 0 Å². The van der Waals surface area contributed by atoms with E-state index in [1.807, 2.05) is 52.8 Å². The summed E-state index contributed by atoms with van der Waals surface area (Å²) in [7, 11) is 0. The monoisotopic (exact) mass is 287 g/mol. The van der Waals surface area contributed by atoms with Crippen molar-refractivity contribution in [2.75, 3.05) is 0 Å². The lowest BCUT2D eigenvalue weighted by atomic mass is 10.1. The molecule has 112 valence electrons. The Bertz CT molecular complexity index is 640. The van der Waals surface area contributed by atoms with Gasteiger partial charge in [0.1, 0.15) is 0 Å². The molecule has 2 aromatic rings. The molecule has 6 heteroatoms. The number of nitrogens with zero attached hydrogens (tertiary/aromatic N) is 4. The Morgan fingerprint density at radius 1 is 1.29 bits per heavy atom. The van der Waals surface area contributed by atoms with Crippen molar-refractivity contribution in [1.82, 2.24) is 25.5 Å². The molecular formula is C15H21N5O. The van der Waals surface area contributed by atoms with E-state index < -0.39 is 0 Å². The highest BCUT2D eigenvalue weighted by atomic mass is 16.1. The Morgan fingerprint density at radius 2 is 2.00 bits per heavy atom. The van der Waals surface area contributed by atoms with Gasteiger partial charge in [-0.15, -0.1) is 5.10 Å². The van der Waals surface area contributed by atoms with Crippen molar-refractivity contribution in [3.05, 3.63) is 29.8 Å². The van der Waals surface area contributed by atoms with E-state index in [0.29, 0.717) is 11.4 Å². The number of rotatable bonds is 3. The van der Waals surface area contributed by atoms with Gasteiger partial charge in [-0.25, -0.2) is 4.68 Å². The van der Waals surface area contributed by atoms with Crippen LogP contribution in [0.4, 0.5) is 0 Å². The summed E-state index contributed by atoms with van der Waals surface area (Å²) in [5, 5.41) is 14.7. The minimum absolute atomic E-state index is 0.104. The van der Waals surface area contributed by atoms with Crippen molar-refractivity contribution in [2.45, 2.75) is 46.2 Å². The zero-order chi connectivity index (χ0) is 15.6. The summed E-state index contributed by atoms with van der Waals surface area (Å²) in [4.78, 5) is 12.2. The molecule has 1 aromatic carbocycles. The summed E-state index contributed by atoms with van der Waals surface area (Å²) < 4.78 is 1.74. The van der Waals surface area contributed by atoms with Crippen LogP contribution in [0.2, 0.25) is 0 Å². The molecule has 0 unspecified atom stereocenters. The standard InChI is InChI=1S/C15H21N5O/c1-10(2)20-13(17-18-19-20)11-7-6-8-12(9-11)14(21)16-15(3,4)5/h6-10H,1-5H3,(H,16,21). The van der Waals surface area contributed by atoms with Gasteiger partial charge in [0.05, 0.1) is 6.04 Å². The fourth-order valence-electron chi connectivity index (χ4n) is 1.94. The molecule has 1 heterocycles. The Balaban J connectivity index is 2.34. The second kappa shape index (κ2) is 5.63. The number of hydrogen-bond acceptors (Lipinski definition) is 4. The minimum Gasteiger partial charge on any atom is -0.347 e. The number of benzene rings is 1. The van der Waals surface area contributed by atoms with Gasteiger partial charge in [0.25, 0.3) is 5.91 Å². The summed E-state index contributed by atoms with van der Waals surface area (Å²) in [6, 6.07) is 7.49. The Labute approximate surface area is 124 Å². The van der Waals surface area contributed by atoms with E-state index in [4.69, 9.17) is 0 Å². The maximum atomic E-state index is 12.2. The third kappa shape index (κ3) is 3.65. The molecule has 1 aromatic heterocycles. The fraction of sp³-hybridized carbons (Fsp3) is 0.467. The van der Waals surface area contributed by atoms with E-state index in [2.05, 4.69) is 20.8 Å². The first kappa shape index (κ1) is 15.2. The van der Waals surface area contributed by atoms with Crippen LogP contribution in [0.5, 0.6) is 0 Å². The van der Waals surface area contributed by atoms with Crippen molar-refractivity contribution in [2.24, 2.45) is 0 Å². The van der Waals surface area contributed by atoms with E-state index in [1.165, 1.54) is 0 Å². The molecule has 0 radical (unpaired) electrons. The van der Waals surface area contributed by atoms with Crippen molar-refractivity contribution in [3.63, 3.8) is 0 Å². The number of tetrazole rings is 1. The molecule has 0 spiro atoms. The van der Waals surface area contributed by atoms with Crippen LogP contribution >= 0.6 is 0 Å². The number of nitrogens with one attached hydrogen (secondary N) is 1. The maximum absolute atomic E-state index is 12.2. The van der Waals surface area contributed by atoms with Gasteiger partial charge in [-0.1, -0.05) is 12.1 Å². The molecule has 0 atom stereocenters. The first-order chi connectivity index (χ1) is 9.78. The maximum Gasteiger partial charge on any atom is 0.251 e. The Kier molecular flexibility index (Phi) is 4.06. The van der Waals surface area contributed by atoms with E-state index in [1.54, 1.807) is 10.7 Å². The summed E-state index contributed by atoms with van der Waals surface area (Å²) >= 11 is 0. The van der Waals surface area contributed by atoms with Crippen molar-refractivity contribution in [3.8, 4) is 11.4 Å². The first-order valence-corrected chi connectivity index (χ1v) is 6.99. The van der Waals surface area contributed by atoms with Crippen LogP contribution in [0.15, 0.2) is 24.3 Å². The minimum atomic E-state index is -0.271. The SMILES string of the molecule is CC(C)n1nnnc1-c1cccc(C(=O)NC(C)(C)C)c1. The molecule has 0 saturated heterocycles. The molecule has 0 aliphatic rings. The molecule has 0 aliphatic heterocycles. The highest BCUT2D eigenvalue weighted by molar-refractivity contribution is 5.95. The van der Waals surface area contributed by atoms with Crippen molar-refractivity contribution < 1.29 is 4.79 Å². The largest absolute Gasteiger partial charge is 0.347 e. The molecule has 2 rings (SSSR count). The zero-order valence-electron chi connectivity index (χ0n) is 13.1. The second-order valence-electron chi connectivity index (χ2n) is 6.33. The van der Waals surface area contributed by atoms with Gasteiger partial charge in [-0.3, -0.25) is 4.79 Å². The highest BCUT2D eigenvalue weighted by Crippen LogP contribution is 2.20. The third-order valence-corrected chi connectivity index (χ3v) is 2.85. The first-order valence-electron chi connectivity index (χ1n) is 6.99. The van der Waals surface area contributed by atoms with Gasteiger partial charge in [0.2, 0.25) is 0 Å². The molecule has 0 fully saturated rings. The average molecular weight is 287 g/mol. The van der Waals surface area contributed by atoms with Gasteiger partial charge >= 0.3 is 0 Å². The molecule has 1 N–H and O–H groups in total. The van der Waals surface area contributed by atoms with Crippen LogP contribution in [0.3, 0.4) is 0 Å². The highest BCUT2D eigenvalue weighted by Gasteiger charge is 2.17. The van der Waals surface area contributed by atoms with E-state index in [-0.39, 0.29) is 17.5 Å². The van der Waals surface area contributed by atoms with Crippen LogP contribution in [-0.4, -0.2) is 31.7 Å². The van der Waals surface area contributed by atoms with Gasteiger partial charge in [0.15, 0.2) is 5.82 Å². The van der Waals surface area contributed by atoms with E-state index >= 15 is 0 Å². The predicted molar refractivity (Wildman–Crippen MR) is 80.9 cm³/mol. The molecule has 21 heavy (non-hydrogen) atoms. The number of amides is 1. The molecular weight excluding hydrogens is 266 g/mol. The van der Waals surface area contributed by atoms with Crippen molar-refractivity contribution >= 4 is 5.91 Å². The Hall–Kier alpha value is -2.24. The second-order valence-corrected chi connectivity index (χ2v) is 6.33. The third-order valence-electron chi connectivity index (χ3n) is 2.85. The van der Waals surface area contributed by atoms with Crippen LogP contribution in [-0.2, 0) is 0 Å². The van der Waals surface area contributed by atoms with E-state index in [9.17, 15) is 4.79 Å². The number of carbonyl (C=O) groups excluding carboxylic acids is 1. The molecule has 0 aliphatic carbocycles. The van der Waals surface area contributed by atoms with Crippen LogP contribution in [0.25, 0.3) is 11.4 Å². The topological polar surface area (TPSA) is 72.7 Å². The smallest absolute Gasteiger partial charge is 0.251 e. The summed E-state index contributed by atoms with van der Waals surface area (Å²) in [6.07, 6.45) is 0. The van der Waals surface area contributed by atoms with Crippen molar-refractivity contribution in [1.29, 1.82) is 0 Å². The van der Waals surface area contributed by atoms with Gasteiger partial charge < -0.3 is 5.32 Å². The van der Waals surface area contributed by atoms with Crippen LogP contribution in [0.1, 0.15) is 51.0 Å². The van der Waals surface area contributed by atoms with Gasteiger partial charge in [-0.05, 0) is 57.2 Å². The van der Waals surface area contributed by atoms with Crippen LogP contribution < -0.4 is 5.32 Å². The number of carbonyl (C=O) groups is 1. The van der Waals surface area contributed by atoms with E-state index in [0.717, 1.165) is 5.56 Å². The normalized spacial score (nSPS) is 11.7. The molecule has 1 amide bonds. The lowest BCUT2D eigenvalue weighted by molar-refractivity contribution is 0.0919. The average Bonchev–Trinajstić information content (AvgIpc) is 2.86. The van der Waals surface area contributed by atoms with Gasteiger partial charge in [-0.2, -0.15) is 0 Å². The molecule has 0 bridgehead atoms. The summed E-state index contributed by atoms with van der Waals surface area (Å²) in [5.74, 6) is 0.559. The number of hydrogen-bond donors (Lipinski definition) is 1. The quantitative estimate of drug-likeness (QED) is 0.941. The molecule has 6 nitrogen and oxygen atoms in total. The van der Waals surface area contributed by atoms with Gasteiger partial charge in [0, 0.05) is 16.7 Å². The predicted octanol–water partition coefficient (Wildman–Crippen LogP) is 2.45.